The van der Waals surface area contributed by atoms with Gasteiger partial charge in [0.15, 0.2) is 0 Å². The van der Waals surface area contributed by atoms with Crippen LogP contribution < -0.4 is 5.73 Å². The van der Waals surface area contributed by atoms with Crippen LogP contribution in [0.2, 0.25) is 0 Å². The number of alkyl halides is 1. The Morgan fingerprint density at radius 2 is 0.516 bits per heavy atom. The van der Waals surface area contributed by atoms with Crippen LogP contribution in [0.15, 0.2) is 0 Å². The molecule has 0 spiro atoms. The molecule has 10 nitrogen and oxygen atoms in total. The normalized spacial score (nSPS) is 11.4. The summed E-state index contributed by atoms with van der Waals surface area (Å²) in [5, 5.41) is 0. The molecule has 2 N–H and O–H groups in total. The van der Waals surface area contributed by atoms with E-state index in [1.807, 2.05) is 0 Å². The summed E-state index contributed by atoms with van der Waals surface area (Å²) >= 11 is 0. The molecule has 0 amide bonds. The molecule has 0 heterocycles. The second kappa shape index (κ2) is 29.5. The lowest BCUT2D eigenvalue weighted by atomic mass is 10.6. The van der Waals surface area contributed by atoms with E-state index in [2.05, 4.69) is 0 Å². The molecule has 0 aromatic rings. The molecule has 0 fully saturated rings. The molecular formula is C20H42FNO9. The van der Waals surface area contributed by atoms with E-state index in [-0.39, 0.29) is 6.61 Å². The SMILES string of the molecule is NCCOCCOCCOCCOCCOCCOCCOCCOCCOCCF. The van der Waals surface area contributed by atoms with Gasteiger partial charge in [-0.1, -0.05) is 0 Å². The zero-order chi connectivity index (χ0) is 22.5. The zero-order valence-electron chi connectivity index (χ0n) is 18.8. The number of hydrogen-bond acceptors (Lipinski definition) is 10. The van der Waals surface area contributed by atoms with E-state index in [4.69, 9.17) is 48.4 Å². The maximum atomic E-state index is 11.8. The first kappa shape index (κ1) is 30.5. The van der Waals surface area contributed by atoms with Crippen molar-refractivity contribution >= 4 is 0 Å². The molecule has 31 heavy (non-hydrogen) atoms. The van der Waals surface area contributed by atoms with Crippen LogP contribution >= 0.6 is 0 Å². The van der Waals surface area contributed by atoms with Gasteiger partial charge in [-0.25, -0.2) is 4.39 Å². The van der Waals surface area contributed by atoms with Crippen LogP contribution in [0.4, 0.5) is 4.39 Å². The van der Waals surface area contributed by atoms with Gasteiger partial charge in [0.05, 0.1) is 119 Å². The van der Waals surface area contributed by atoms with Crippen LogP contribution in [0.25, 0.3) is 0 Å². The summed E-state index contributed by atoms with van der Waals surface area (Å²) in [6.07, 6.45) is 0. The van der Waals surface area contributed by atoms with Crippen molar-refractivity contribution in [2.24, 2.45) is 5.73 Å². The van der Waals surface area contributed by atoms with Crippen molar-refractivity contribution < 1.29 is 47.0 Å². The van der Waals surface area contributed by atoms with Crippen molar-refractivity contribution in [3.63, 3.8) is 0 Å². The first-order valence-electron chi connectivity index (χ1n) is 10.9. The van der Waals surface area contributed by atoms with Crippen molar-refractivity contribution in [1.82, 2.24) is 0 Å². The first-order chi connectivity index (χ1) is 15.4. The van der Waals surface area contributed by atoms with Crippen molar-refractivity contribution in [2.45, 2.75) is 0 Å². The molecule has 0 aromatic carbocycles. The molecule has 11 heteroatoms. The van der Waals surface area contributed by atoms with E-state index in [0.717, 1.165) is 0 Å². The summed E-state index contributed by atoms with van der Waals surface area (Å²) in [4.78, 5) is 0. The van der Waals surface area contributed by atoms with E-state index in [1.165, 1.54) is 0 Å². The summed E-state index contributed by atoms with van der Waals surface area (Å²) < 4.78 is 59.4. The van der Waals surface area contributed by atoms with Gasteiger partial charge in [-0.3, -0.25) is 0 Å². The van der Waals surface area contributed by atoms with E-state index in [0.29, 0.717) is 119 Å². The lowest BCUT2D eigenvalue weighted by molar-refractivity contribution is -0.0250. The fraction of sp³-hybridized carbons (Fsp3) is 1.00. The Kier molecular flexibility index (Phi) is 29.1. The van der Waals surface area contributed by atoms with Gasteiger partial charge in [-0.05, 0) is 0 Å². The van der Waals surface area contributed by atoms with Gasteiger partial charge in [0, 0.05) is 6.54 Å². The van der Waals surface area contributed by atoms with Gasteiger partial charge in [-0.2, -0.15) is 0 Å². The molecule has 0 saturated heterocycles. The van der Waals surface area contributed by atoms with Crippen molar-refractivity contribution in [3.05, 3.63) is 0 Å². The van der Waals surface area contributed by atoms with Crippen LogP contribution in [-0.4, -0.2) is 132 Å². The first-order valence-corrected chi connectivity index (χ1v) is 10.9. The Hall–Kier alpha value is -0.470. The standard InChI is InChI=1S/C20H42FNO9/c21-1-3-23-5-7-25-9-11-27-13-15-29-17-19-31-20-18-30-16-14-28-12-10-26-8-6-24-4-2-22/h1-20,22H2. The second-order valence-electron chi connectivity index (χ2n) is 5.99. The number of hydrogen-bond donors (Lipinski definition) is 1. The van der Waals surface area contributed by atoms with Gasteiger partial charge in [0.25, 0.3) is 0 Å². The zero-order valence-corrected chi connectivity index (χ0v) is 18.8. The third kappa shape index (κ3) is 29.5. The molecule has 0 atom stereocenters. The highest BCUT2D eigenvalue weighted by atomic mass is 19.1. The van der Waals surface area contributed by atoms with Gasteiger partial charge < -0.3 is 48.4 Å². The average molecular weight is 460 g/mol. The number of ether oxygens (including phenoxy) is 9. The predicted molar refractivity (Wildman–Crippen MR) is 112 cm³/mol. The summed E-state index contributed by atoms with van der Waals surface area (Å²) in [7, 11) is 0. The summed E-state index contributed by atoms with van der Waals surface area (Å²) in [6, 6.07) is 0. The predicted octanol–water partition coefficient (Wildman–Crippen LogP) is 0.0640. The Labute approximate surface area is 185 Å². The molecule has 0 aliphatic heterocycles. The minimum absolute atomic E-state index is 0.118. The minimum Gasteiger partial charge on any atom is -0.378 e. The van der Waals surface area contributed by atoms with Crippen LogP contribution in [0.1, 0.15) is 0 Å². The lowest BCUT2D eigenvalue weighted by Crippen LogP contribution is -2.15. The van der Waals surface area contributed by atoms with Crippen LogP contribution in [0, 0.1) is 0 Å². The Morgan fingerprint density at radius 3 is 0.710 bits per heavy atom. The Morgan fingerprint density at radius 1 is 0.323 bits per heavy atom. The number of nitrogens with two attached hydrogens (primary N) is 1. The van der Waals surface area contributed by atoms with Gasteiger partial charge >= 0.3 is 0 Å². The number of rotatable bonds is 28. The van der Waals surface area contributed by atoms with Crippen LogP contribution in [0.3, 0.4) is 0 Å². The van der Waals surface area contributed by atoms with Crippen molar-refractivity contribution in [2.75, 3.05) is 132 Å². The third-order valence-electron chi connectivity index (χ3n) is 3.46. The molecular weight excluding hydrogens is 417 g/mol. The summed E-state index contributed by atoms with van der Waals surface area (Å²) in [5.41, 5.74) is 5.31. The fourth-order valence-corrected chi connectivity index (χ4v) is 2.00. The largest absolute Gasteiger partial charge is 0.378 e. The third-order valence-corrected chi connectivity index (χ3v) is 3.46. The van der Waals surface area contributed by atoms with Crippen molar-refractivity contribution in [1.29, 1.82) is 0 Å². The van der Waals surface area contributed by atoms with Crippen LogP contribution in [0.5, 0.6) is 0 Å². The highest BCUT2D eigenvalue weighted by Crippen LogP contribution is 1.86. The average Bonchev–Trinajstić information content (AvgIpc) is 2.78. The monoisotopic (exact) mass is 459 g/mol. The van der Waals surface area contributed by atoms with E-state index in [1.54, 1.807) is 0 Å². The molecule has 0 radical (unpaired) electrons. The molecule has 0 aliphatic carbocycles. The second-order valence-corrected chi connectivity index (χ2v) is 5.99. The highest BCUT2D eigenvalue weighted by Gasteiger charge is 1.95. The number of halogens is 1. The Balaban J connectivity index is 2.98. The van der Waals surface area contributed by atoms with Gasteiger partial charge in [-0.15, -0.1) is 0 Å². The smallest absolute Gasteiger partial charge is 0.113 e. The molecule has 188 valence electrons. The molecule has 0 bridgehead atoms. The maximum absolute atomic E-state index is 11.8. The fourth-order valence-electron chi connectivity index (χ4n) is 2.00. The van der Waals surface area contributed by atoms with E-state index < -0.39 is 6.67 Å². The van der Waals surface area contributed by atoms with E-state index >= 15 is 0 Å². The summed E-state index contributed by atoms with van der Waals surface area (Å²) in [5.74, 6) is 0. The Bertz CT molecular complexity index is 292. The minimum atomic E-state index is -0.470. The molecule has 0 saturated carbocycles. The van der Waals surface area contributed by atoms with Gasteiger partial charge in [0.1, 0.15) is 6.67 Å². The quantitative estimate of drug-likeness (QED) is 0.161. The van der Waals surface area contributed by atoms with E-state index in [9.17, 15) is 4.39 Å². The molecule has 0 rings (SSSR count). The summed E-state index contributed by atoms with van der Waals surface area (Å²) in [6.45, 7) is 8.77. The van der Waals surface area contributed by atoms with Gasteiger partial charge in [0.2, 0.25) is 0 Å². The lowest BCUT2D eigenvalue weighted by Gasteiger charge is -2.08. The van der Waals surface area contributed by atoms with Crippen LogP contribution in [-0.2, 0) is 42.6 Å². The van der Waals surface area contributed by atoms with Crippen molar-refractivity contribution in [3.8, 4) is 0 Å². The molecule has 0 aromatic heterocycles. The topological polar surface area (TPSA) is 109 Å². The highest BCUT2D eigenvalue weighted by molar-refractivity contribution is 4.38. The molecule has 0 unspecified atom stereocenters. The maximum Gasteiger partial charge on any atom is 0.113 e. The molecule has 0 aliphatic rings.